The Kier molecular flexibility index (Phi) is 58.0. The van der Waals surface area contributed by atoms with Gasteiger partial charge < -0.3 is 22.2 Å². The van der Waals surface area contributed by atoms with Crippen LogP contribution in [0.15, 0.2) is 0 Å². The van der Waals surface area contributed by atoms with E-state index in [1.54, 1.807) is 48.5 Å². The molecule has 0 aliphatic heterocycles. The van der Waals surface area contributed by atoms with E-state index in [2.05, 4.69) is 6.92 Å². The summed E-state index contributed by atoms with van der Waals surface area (Å²) in [6.45, 7) is 15.3. The van der Waals surface area contributed by atoms with Crippen LogP contribution in [0.3, 0.4) is 0 Å². The molecule has 3 N–H and O–H groups in total. The molecule has 0 rings (SSSR count). The van der Waals surface area contributed by atoms with Gasteiger partial charge in [0.25, 0.3) is 0 Å². The van der Waals surface area contributed by atoms with E-state index in [0.717, 1.165) is 0 Å². The van der Waals surface area contributed by atoms with Crippen molar-refractivity contribution in [2.45, 2.75) is 66.8 Å². The molecule has 0 aromatic carbocycles. The van der Waals surface area contributed by atoms with Crippen molar-refractivity contribution >= 4 is 0 Å². The minimum Gasteiger partial charge on any atom is -0.394 e. The van der Waals surface area contributed by atoms with Crippen LogP contribution in [0.1, 0.15) is 48.5 Å². The van der Waals surface area contributed by atoms with E-state index in [0.29, 0.717) is 0 Å². The van der Waals surface area contributed by atoms with Gasteiger partial charge in [0.15, 0.2) is 0 Å². The van der Waals surface area contributed by atoms with Crippen LogP contribution in [0.25, 0.3) is 0 Å². The Morgan fingerprint density at radius 2 is 0.600 bits per heavy atom. The molecule has 0 aliphatic rings. The molecular weight excluding hydrogens is 271 g/mol. The van der Waals surface area contributed by atoms with Crippen LogP contribution in [-0.2, 0) is 26.2 Å². The zero-order valence-electron chi connectivity index (χ0n) is 11.3. The van der Waals surface area contributed by atoms with E-state index in [4.69, 9.17) is 15.3 Å². The van der Waals surface area contributed by atoms with Gasteiger partial charge in [-0.05, 0) is 41.5 Å². The van der Waals surface area contributed by atoms with Gasteiger partial charge in [0.05, 0.1) is 0 Å². The largest absolute Gasteiger partial charge is 0.394 e. The molecule has 0 atom stereocenters. The third kappa shape index (κ3) is 4130. The van der Waals surface area contributed by atoms with Gasteiger partial charge in [0, 0.05) is 44.5 Å². The quantitative estimate of drug-likeness (QED) is 0.600. The molecule has 15 heavy (non-hydrogen) atoms. The Balaban J connectivity index is -0.0000000298. The molecule has 0 aromatic rings. The van der Waals surface area contributed by atoms with E-state index in [1.807, 2.05) is 0 Å². The molecule has 0 heterocycles. The number of hydrogen-bond donors (Lipinski definition) is 3. The van der Waals surface area contributed by atoms with Gasteiger partial charge in [0.2, 0.25) is 0 Å². The van der Waals surface area contributed by atoms with Crippen LogP contribution in [0.4, 0.5) is 0 Å². The summed E-state index contributed by atoms with van der Waals surface area (Å²) in [6.07, 6.45) is -0.500. The summed E-state index contributed by atoms with van der Waals surface area (Å²) >= 11 is 0. The smallest absolute Gasteiger partial charge is 0.0483 e. The van der Waals surface area contributed by atoms with Crippen LogP contribution in [0, 0.1) is 6.92 Å². The molecule has 0 saturated heterocycles. The van der Waals surface area contributed by atoms with Gasteiger partial charge in [-0.15, -0.1) is 0 Å². The second-order valence-corrected chi connectivity index (χ2v) is 3.28. The zero-order valence-corrected chi connectivity index (χ0v) is 13.7. The third-order valence-corrected chi connectivity index (χ3v) is 0. The third-order valence-electron chi connectivity index (χ3n) is 0. The molecule has 0 aliphatic carbocycles. The average molecular weight is 301 g/mol. The number of aliphatic hydroxyl groups excluding tert-OH is 3. The van der Waals surface area contributed by atoms with Crippen LogP contribution in [0.5, 0.6) is 0 Å². The molecule has 0 bridgehead atoms. The standard InChI is InChI=1S/3C3H8O.C2H5.Zr/c3*1-3(2)4;1-2;/h3*3-4H,1-2H3;1H2,2H3;/q;;;-1;. The average Bonchev–Trinajstić information content (AvgIpc) is 1.86. The molecular formula is C11H29O3Zr-. The summed E-state index contributed by atoms with van der Waals surface area (Å²) in [5.74, 6) is 0. The fraction of sp³-hybridized carbons (Fsp3) is 0.909. The molecule has 0 unspecified atom stereocenters. The van der Waals surface area contributed by atoms with Gasteiger partial charge in [0.1, 0.15) is 0 Å². The Hall–Kier alpha value is 0.763. The molecule has 0 spiro atoms. The van der Waals surface area contributed by atoms with Crippen molar-refractivity contribution < 1.29 is 41.5 Å². The predicted molar refractivity (Wildman–Crippen MR) is 63.1 cm³/mol. The van der Waals surface area contributed by atoms with E-state index in [1.165, 1.54) is 0 Å². The van der Waals surface area contributed by atoms with E-state index in [9.17, 15) is 0 Å². The summed E-state index contributed by atoms with van der Waals surface area (Å²) in [5, 5.41) is 24.2. The van der Waals surface area contributed by atoms with Crippen molar-refractivity contribution in [3.05, 3.63) is 6.92 Å². The first-order valence-electron chi connectivity index (χ1n) is 4.95. The van der Waals surface area contributed by atoms with Crippen LogP contribution in [0.2, 0.25) is 0 Å². The second-order valence-electron chi connectivity index (χ2n) is 3.28. The maximum Gasteiger partial charge on any atom is 0.0483 e. The van der Waals surface area contributed by atoms with Crippen molar-refractivity contribution in [2.24, 2.45) is 0 Å². The van der Waals surface area contributed by atoms with Gasteiger partial charge in [-0.1, -0.05) is 0 Å². The van der Waals surface area contributed by atoms with Gasteiger partial charge in [-0.25, -0.2) is 0 Å². The Morgan fingerprint density at radius 3 is 0.600 bits per heavy atom. The topological polar surface area (TPSA) is 60.7 Å². The fourth-order valence-electron chi connectivity index (χ4n) is 0. The second kappa shape index (κ2) is 29.3. The van der Waals surface area contributed by atoms with E-state index < -0.39 is 0 Å². The van der Waals surface area contributed by atoms with E-state index >= 15 is 0 Å². The molecule has 0 saturated carbocycles. The van der Waals surface area contributed by atoms with Crippen molar-refractivity contribution in [2.75, 3.05) is 0 Å². The fourth-order valence-corrected chi connectivity index (χ4v) is 0. The van der Waals surface area contributed by atoms with Crippen molar-refractivity contribution in [3.63, 3.8) is 0 Å². The first-order valence-corrected chi connectivity index (χ1v) is 4.95. The summed E-state index contributed by atoms with van der Waals surface area (Å²) in [7, 11) is 0. The van der Waals surface area contributed by atoms with Crippen molar-refractivity contribution in [1.29, 1.82) is 0 Å². The number of hydrogen-bond acceptors (Lipinski definition) is 3. The van der Waals surface area contributed by atoms with Crippen LogP contribution >= 0.6 is 0 Å². The molecule has 3 nitrogen and oxygen atoms in total. The van der Waals surface area contributed by atoms with Crippen molar-refractivity contribution in [3.8, 4) is 0 Å². The first-order chi connectivity index (χ1) is 6.20. The monoisotopic (exact) mass is 299 g/mol. The predicted octanol–water partition coefficient (Wildman–Crippen LogP) is 2.00. The summed E-state index contributed by atoms with van der Waals surface area (Å²) in [6, 6.07) is 0. The number of aliphatic hydroxyl groups is 3. The van der Waals surface area contributed by atoms with E-state index in [-0.39, 0.29) is 44.5 Å². The summed E-state index contributed by atoms with van der Waals surface area (Å²) < 4.78 is 0. The van der Waals surface area contributed by atoms with Crippen molar-refractivity contribution in [1.82, 2.24) is 0 Å². The minimum atomic E-state index is -0.167. The Labute approximate surface area is 115 Å². The van der Waals surface area contributed by atoms with Crippen LogP contribution in [-0.4, -0.2) is 33.6 Å². The SMILES string of the molecule is CC(C)O.CC(C)O.CC(C)O.[CH2-]C.[Zr]. The molecule has 0 fully saturated rings. The first kappa shape index (κ1) is 29.7. The van der Waals surface area contributed by atoms with Gasteiger partial charge in [-0.3, -0.25) is 0 Å². The molecule has 96 valence electrons. The minimum absolute atomic E-state index is 0. The summed E-state index contributed by atoms with van der Waals surface area (Å²) in [4.78, 5) is 0. The normalized spacial score (nSPS) is 7.60. The molecule has 0 amide bonds. The maximum atomic E-state index is 8.06. The maximum absolute atomic E-state index is 8.06. The van der Waals surface area contributed by atoms with Crippen LogP contribution < -0.4 is 0 Å². The van der Waals surface area contributed by atoms with Gasteiger partial charge in [-0.2, -0.15) is 6.92 Å². The molecule has 0 aromatic heterocycles. The Bertz CT molecular complexity index is 44.3. The zero-order chi connectivity index (χ0) is 12.7. The Morgan fingerprint density at radius 1 is 0.600 bits per heavy atom. The van der Waals surface area contributed by atoms with Gasteiger partial charge >= 0.3 is 0 Å². The summed E-state index contributed by atoms with van der Waals surface area (Å²) in [5.41, 5.74) is 0. The molecule has 4 heteroatoms. The molecule has 0 radical (unpaired) electrons. The number of rotatable bonds is 0.